The predicted octanol–water partition coefficient (Wildman–Crippen LogP) is 2.13. The minimum Gasteiger partial charge on any atom is -0.496 e. The van der Waals surface area contributed by atoms with Gasteiger partial charge in [0.05, 0.1) is 18.6 Å². The monoisotopic (exact) mass is 456 g/mol. The number of para-hydroxylation sites is 1. The number of hydrazone groups is 1. The maximum atomic E-state index is 12.8. The van der Waals surface area contributed by atoms with E-state index in [9.17, 15) is 13.2 Å². The molecule has 32 heavy (non-hydrogen) atoms. The molecule has 9 heteroatoms. The van der Waals surface area contributed by atoms with E-state index in [0.717, 1.165) is 16.9 Å². The van der Waals surface area contributed by atoms with Gasteiger partial charge in [-0.25, -0.2) is 13.8 Å². The van der Waals surface area contributed by atoms with Gasteiger partial charge in [0.25, 0.3) is 5.91 Å². The molecular weight excluding hydrogens is 428 g/mol. The summed E-state index contributed by atoms with van der Waals surface area (Å²) in [6, 6.07) is 14.4. The summed E-state index contributed by atoms with van der Waals surface area (Å²) in [7, 11) is -1.90. The topological polar surface area (TPSA) is 91.3 Å². The van der Waals surface area contributed by atoms with Crippen molar-refractivity contribution in [2.45, 2.75) is 11.8 Å². The molecule has 170 valence electrons. The van der Waals surface area contributed by atoms with Crippen LogP contribution in [0.3, 0.4) is 0 Å². The number of rotatable bonds is 8. The van der Waals surface area contributed by atoms with Crippen LogP contribution in [0.15, 0.2) is 64.6 Å². The Labute approximate surface area is 189 Å². The van der Waals surface area contributed by atoms with Gasteiger partial charge in [0.15, 0.2) is 0 Å². The first-order valence-electron chi connectivity index (χ1n) is 10.3. The van der Waals surface area contributed by atoms with E-state index in [1.165, 1.54) is 10.5 Å². The molecule has 1 amide bonds. The van der Waals surface area contributed by atoms with E-state index >= 15 is 0 Å². The highest BCUT2D eigenvalue weighted by Gasteiger charge is 2.28. The summed E-state index contributed by atoms with van der Waals surface area (Å²) in [5, 5.41) is 3.92. The van der Waals surface area contributed by atoms with Crippen LogP contribution in [0.2, 0.25) is 0 Å². The third kappa shape index (κ3) is 6.25. The first-order valence-corrected chi connectivity index (χ1v) is 11.7. The Morgan fingerprint density at radius 2 is 1.78 bits per heavy atom. The van der Waals surface area contributed by atoms with Crippen LogP contribution in [0.1, 0.15) is 11.1 Å². The molecule has 0 spiro atoms. The molecule has 0 aromatic heterocycles. The van der Waals surface area contributed by atoms with E-state index in [4.69, 9.17) is 4.74 Å². The molecule has 8 nitrogen and oxygen atoms in total. The zero-order valence-electron chi connectivity index (χ0n) is 18.3. The molecule has 1 aliphatic heterocycles. The quantitative estimate of drug-likeness (QED) is 0.485. The molecule has 0 atom stereocenters. The van der Waals surface area contributed by atoms with E-state index < -0.39 is 10.0 Å². The van der Waals surface area contributed by atoms with Gasteiger partial charge in [-0.3, -0.25) is 9.69 Å². The Morgan fingerprint density at radius 3 is 2.47 bits per heavy atom. The summed E-state index contributed by atoms with van der Waals surface area (Å²) in [5.74, 6) is 0.506. The van der Waals surface area contributed by atoms with Crippen LogP contribution in [0.25, 0.3) is 6.08 Å². The standard InChI is InChI=1S/C23H28N4O4S/c1-19-9-11-21(12-10-19)32(29,30)27-16-14-26(15-17-27)18-23(28)25-24-13-5-7-20-6-3-4-8-22(20)31-2/h3-13H,14-18H2,1-2H3,(H,25,28)/b7-5-,24-13+. The van der Waals surface area contributed by atoms with Crippen LogP contribution in [-0.4, -0.2) is 69.6 Å². The molecule has 0 saturated carbocycles. The molecule has 1 aliphatic rings. The summed E-state index contributed by atoms with van der Waals surface area (Å²) >= 11 is 0. The summed E-state index contributed by atoms with van der Waals surface area (Å²) in [5.41, 5.74) is 4.41. The number of hydrogen-bond donors (Lipinski definition) is 1. The highest BCUT2D eigenvalue weighted by atomic mass is 32.2. The first-order chi connectivity index (χ1) is 15.4. The smallest absolute Gasteiger partial charge is 0.254 e. The van der Waals surface area contributed by atoms with Crippen molar-refractivity contribution in [2.75, 3.05) is 39.8 Å². The number of carbonyl (C=O) groups is 1. The Balaban J connectivity index is 1.44. The molecular formula is C23H28N4O4S. The van der Waals surface area contributed by atoms with Crippen LogP contribution in [0, 0.1) is 6.92 Å². The van der Waals surface area contributed by atoms with Gasteiger partial charge in [-0.05, 0) is 37.3 Å². The fraction of sp³-hybridized carbons (Fsp3) is 0.304. The van der Waals surface area contributed by atoms with Crippen LogP contribution >= 0.6 is 0 Å². The molecule has 0 bridgehead atoms. The van der Waals surface area contributed by atoms with Crippen molar-refractivity contribution in [3.63, 3.8) is 0 Å². The number of carbonyl (C=O) groups excluding carboxylic acids is 1. The zero-order chi connectivity index (χ0) is 23.0. The molecule has 1 fully saturated rings. The maximum absolute atomic E-state index is 12.8. The van der Waals surface area contributed by atoms with Crippen molar-refractivity contribution < 1.29 is 17.9 Å². The minimum absolute atomic E-state index is 0.159. The lowest BCUT2D eigenvalue weighted by Gasteiger charge is -2.33. The molecule has 0 aliphatic carbocycles. The molecule has 0 radical (unpaired) electrons. The fourth-order valence-electron chi connectivity index (χ4n) is 3.33. The molecule has 2 aromatic rings. The predicted molar refractivity (Wildman–Crippen MR) is 125 cm³/mol. The number of nitrogens with zero attached hydrogens (tertiary/aromatic N) is 3. The third-order valence-electron chi connectivity index (χ3n) is 5.12. The number of allylic oxidation sites excluding steroid dienone is 1. The number of piperazine rings is 1. The number of nitrogens with one attached hydrogen (secondary N) is 1. The average molecular weight is 457 g/mol. The summed E-state index contributed by atoms with van der Waals surface area (Å²) in [6.45, 7) is 3.72. The Morgan fingerprint density at radius 1 is 1.09 bits per heavy atom. The van der Waals surface area contributed by atoms with Crippen LogP contribution < -0.4 is 10.2 Å². The van der Waals surface area contributed by atoms with Crippen molar-refractivity contribution in [1.82, 2.24) is 14.6 Å². The lowest BCUT2D eigenvalue weighted by Crippen LogP contribution is -2.50. The number of hydrogen-bond acceptors (Lipinski definition) is 6. The van der Waals surface area contributed by atoms with Gasteiger partial charge >= 0.3 is 0 Å². The fourth-order valence-corrected chi connectivity index (χ4v) is 4.75. The molecule has 3 rings (SSSR count). The lowest BCUT2D eigenvalue weighted by molar-refractivity contribution is -0.122. The molecule has 2 aromatic carbocycles. The number of amides is 1. The van der Waals surface area contributed by atoms with Gasteiger partial charge in [-0.2, -0.15) is 9.41 Å². The van der Waals surface area contributed by atoms with Crippen LogP contribution in [0.4, 0.5) is 0 Å². The number of ether oxygens (including phenoxy) is 1. The summed E-state index contributed by atoms with van der Waals surface area (Å²) < 4.78 is 32.3. The largest absolute Gasteiger partial charge is 0.496 e. The minimum atomic E-state index is -3.51. The highest BCUT2D eigenvalue weighted by Crippen LogP contribution is 2.19. The Hall–Kier alpha value is -3.01. The first kappa shape index (κ1) is 23.6. The Bertz CT molecular complexity index is 1070. The van der Waals surface area contributed by atoms with Crippen molar-refractivity contribution in [1.29, 1.82) is 0 Å². The molecule has 0 unspecified atom stereocenters. The molecule has 1 saturated heterocycles. The van der Waals surface area contributed by atoms with Gasteiger partial charge in [-0.15, -0.1) is 0 Å². The normalized spacial score (nSPS) is 15.9. The van der Waals surface area contributed by atoms with Crippen molar-refractivity contribution >= 4 is 28.2 Å². The number of methoxy groups -OCH3 is 1. The van der Waals surface area contributed by atoms with Gasteiger partial charge in [0.1, 0.15) is 5.75 Å². The number of sulfonamides is 1. The highest BCUT2D eigenvalue weighted by molar-refractivity contribution is 7.89. The van der Waals surface area contributed by atoms with Crippen molar-refractivity contribution in [3.8, 4) is 5.75 Å². The van der Waals surface area contributed by atoms with Gasteiger partial charge in [0, 0.05) is 38.0 Å². The Kier molecular flexibility index (Phi) is 8.15. The van der Waals surface area contributed by atoms with Gasteiger partial charge in [-0.1, -0.05) is 35.9 Å². The second-order valence-electron chi connectivity index (χ2n) is 7.41. The van der Waals surface area contributed by atoms with E-state index in [2.05, 4.69) is 10.5 Å². The second kappa shape index (κ2) is 11.0. The SMILES string of the molecule is COc1ccccc1/C=C\C=N\NC(=O)CN1CCN(S(=O)(=O)c2ccc(C)cc2)CC1. The maximum Gasteiger partial charge on any atom is 0.254 e. The second-order valence-corrected chi connectivity index (χ2v) is 9.35. The van der Waals surface area contributed by atoms with E-state index in [1.807, 2.05) is 42.2 Å². The summed E-state index contributed by atoms with van der Waals surface area (Å²) in [4.78, 5) is 14.3. The number of benzene rings is 2. The van der Waals surface area contributed by atoms with Crippen LogP contribution in [0.5, 0.6) is 5.75 Å². The van der Waals surface area contributed by atoms with Gasteiger partial charge < -0.3 is 4.74 Å². The van der Waals surface area contributed by atoms with E-state index in [1.54, 1.807) is 37.5 Å². The lowest BCUT2D eigenvalue weighted by atomic mass is 10.2. The van der Waals surface area contributed by atoms with Crippen molar-refractivity contribution in [3.05, 3.63) is 65.7 Å². The molecule has 1 N–H and O–H groups in total. The van der Waals surface area contributed by atoms with Gasteiger partial charge in [0.2, 0.25) is 10.0 Å². The van der Waals surface area contributed by atoms with E-state index in [0.29, 0.717) is 31.1 Å². The van der Waals surface area contributed by atoms with Crippen molar-refractivity contribution in [2.24, 2.45) is 5.10 Å². The van der Waals surface area contributed by atoms with Crippen LogP contribution in [-0.2, 0) is 14.8 Å². The number of aryl methyl sites for hydroxylation is 1. The molecule has 1 heterocycles. The third-order valence-corrected chi connectivity index (χ3v) is 7.03. The average Bonchev–Trinajstić information content (AvgIpc) is 2.80. The zero-order valence-corrected chi connectivity index (χ0v) is 19.1. The van der Waals surface area contributed by atoms with E-state index in [-0.39, 0.29) is 12.5 Å². The summed E-state index contributed by atoms with van der Waals surface area (Å²) in [6.07, 6.45) is 5.05.